The summed E-state index contributed by atoms with van der Waals surface area (Å²) in [6.45, 7) is 14.1. The second-order valence-electron chi connectivity index (χ2n) is 5.83. The Morgan fingerprint density at radius 3 is 2.14 bits per heavy atom. The number of ether oxygens (including phenoxy) is 1. The Kier molecular flexibility index (Phi) is 9.11. The Bertz CT molecular complexity index is 356. The zero-order chi connectivity index (χ0) is 15.5. The molecule has 3 nitrogen and oxygen atoms in total. The summed E-state index contributed by atoms with van der Waals surface area (Å²) in [6.07, 6.45) is 2.70. The van der Waals surface area contributed by atoms with Gasteiger partial charge >= 0.3 is 0 Å². The summed E-state index contributed by atoms with van der Waals surface area (Å²) in [4.78, 5) is 2.53. The molecule has 0 aliphatic carbocycles. The van der Waals surface area contributed by atoms with Crippen molar-refractivity contribution in [1.29, 1.82) is 0 Å². The van der Waals surface area contributed by atoms with Gasteiger partial charge in [0.1, 0.15) is 5.75 Å². The molecule has 120 valence electrons. The van der Waals surface area contributed by atoms with Crippen molar-refractivity contribution in [3.8, 4) is 5.75 Å². The summed E-state index contributed by atoms with van der Waals surface area (Å²) < 4.78 is 5.65. The van der Waals surface area contributed by atoms with Gasteiger partial charge in [0.25, 0.3) is 0 Å². The van der Waals surface area contributed by atoms with Gasteiger partial charge < -0.3 is 15.0 Å². The van der Waals surface area contributed by atoms with Crippen molar-refractivity contribution < 1.29 is 4.74 Å². The molecule has 0 saturated carbocycles. The molecule has 0 fully saturated rings. The molecule has 0 bridgehead atoms. The van der Waals surface area contributed by atoms with Gasteiger partial charge in [-0.1, -0.05) is 26.0 Å². The van der Waals surface area contributed by atoms with Crippen molar-refractivity contribution >= 4 is 0 Å². The molecule has 0 aliphatic rings. The van der Waals surface area contributed by atoms with Crippen LogP contribution in [-0.4, -0.2) is 37.2 Å². The molecule has 0 radical (unpaired) electrons. The Labute approximate surface area is 130 Å². The monoisotopic (exact) mass is 292 g/mol. The van der Waals surface area contributed by atoms with Gasteiger partial charge in [-0.3, -0.25) is 0 Å². The van der Waals surface area contributed by atoms with Crippen molar-refractivity contribution in [1.82, 2.24) is 10.2 Å². The first kappa shape index (κ1) is 18.0. The Morgan fingerprint density at radius 2 is 1.62 bits per heavy atom. The van der Waals surface area contributed by atoms with E-state index in [0.717, 1.165) is 25.4 Å². The highest BCUT2D eigenvalue weighted by Crippen LogP contribution is 2.13. The largest absolute Gasteiger partial charge is 0.491 e. The SMILES string of the molecule is CCCN(CCC)CCNCc1ccc(OC(C)C)cc1. The van der Waals surface area contributed by atoms with Crippen molar-refractivity contribution in [2.75, 3.05) is 26.2 Å². The maximum atomic E-state index is 5.65. The highest BCUT2D eigenvalue weighted by Gasteiger charge is 2.02. The third kappa shape index (κ3) is 8.08. The number of hydrogen-bond donors (Lipinski definition) is 1. The van der Waals surface area contributed by atoms with Crippen LogP contribution in [-0.2, 0) is 6.54 Å². The first-order chi connectivity index (χ1) is 10.2. The van der Waals surface area contributed by atoms with E-state index in [0.29, 0.717) is 0 Å². The standard InChI is InChI=1S/C18H32N2O/c1-5-12-20(13-6-2)14-11-19-15-17-7-9-18(10-8-17)21-16(3)4/h7-10,16,19H,5-6,11-15H2,1-4H3. The normalized spacial score (nSPS) is 11.3. The van der Waals surface area contributed by atoms with E-state index in [1.807, 2.05) is 13.8 Å². The van der Waals surface area contributed by atoms with Gasteiger partial charge in [-0.25, -0.2) is 0 Å². The van der Waals surface area contributed by atoms with Gasteiger partial charge in [0.2, 0.25) is 0 Å². The first-order valence-electron chi connectivity index (χ1n) is 8.34. The van der Waals surface area contributed by atoms with Crippen LogP contribution in [0.3, 0.4) is 0 Å². The van der Waals surface area contributed by atoms with Crippen LogP contribution in [0.2, 0.25) is 0 Å². The van der Waals surface area contributed by atoms with E-state index in [2.05, 4.69) is 48.3 Å². The molecule has 0 atom stereocenters. The van der Waals surface area contributed by atoms with Crippen LogP contribution in [0.5, 0.6) is 5.75 Å². The number of nitrogens with zero attached hydrogens (tertiary/aromatic N) is 1. The van der Waals surface area contributed by atoms with Crippen LogP contribution < -0.4 is 10.1 Å². The van der Waals surface area contributed by atoms with E-state index >= 15 is 0 Å². The van der Waals surface area contributed by atoms with Crippen molar-refractivity contribution in [2.45, 2.75) is 53.2 Å². The lowest BCUT2D eigenvalue weighted by Gasteiger charge is -2.21. The van der Waals surface area contributed by atoms with Gasteiger partial charge in [-0.15, -0.1) is 0 Å². The minimum atomic E-state index is 0.233. The lowest BCUT2D eigenvalue weighted by molar-refractivity contribution is 0.242. The molecule has 1 aromatic rings. The molecule has 0 saturated heterocycles. The zero-order valence-corrected chi connectivity index (χ0v) is 14.2. The first-order valence-corrected chi connectivity index (χ1v) is 8.34. The van der Waals surface area contributed by atoms with Gasteiger partial charge in [-0.05, 0) is 57.5 Å². The summed E-state index contributed by atoms with van der Waals surface area (Å²) in [6, 6.07) is 8.39. The predicted octanol–water partition coefficient (Wildman–Crippen LogP) is 3.69. The lowest BCUT2D eigenvalue weighted by atomic mass is 10.2. The molecule has 0 aromatic heterocycles. The molecule has 3 heteroatoms. The topological polar surface area (TPSA) is 24.5 Å². The third-order valence-electron chi connectivity index (χ3n) is 3.31. The quantitative estimate of drug-likeness (QED) is 0.630. The van der Waals surface area contributed by atoms with E-state index in [-0.39, 0.29) is 6.10 Å². The van der Waals surface area contributed by atoms with E-state index in [4.69, 9.17) is 4.74 Å². The van der Waals surface area contributed by atoms with Crippen molar-refractivity contribution in [3.63, 3.8) is 0 Å². The fraction of sp³-hybridized carbons (Fsp3) is 0.667. The van der Waals surface area contributed by atoms with E-state index in [1.54, 1.807) is 0 Å². The Morgan fingerprint density at radius 1 is 1.00 bits per heavy atom. The van der Waals surface area contributed by atoms with Crippen LogP contribution in [0.15, 0.2) is 24.3 Å². The number of rotatable bonds is 11. The summed E-state index contributed by atoms with van der Waals surface area (Å²) in [5.74, 6) is 0.950. The fourth-order valence-corrected chi connectivity index (χ4v) is 2.40. The predicted molar refractivity (Wildman–Crippen MR) is 90.9 cm³/mol. The second kappa shape index (κ2) is 10.6. The average Bonchev–Trinajstić information content (AvgIpc) is 2.45. The smallest absolute Gasteiger partial charge is 0.119 e. The number of nitrogens with one attached hydrogen (secondary N) is 1. The summed E-state index contributed by atoms with van der Waals surface area (Å²) >= 11 is 0. The van der Waals surface area contributed by atoms with Crippen molar-refractivity contribution in [2.24, 2.45) is 0 Å². The number of benzene rings is 1. The molecule has 1 aromatic carbocycles. The van der Waals surface area contributed by atoms with Gasteiger partial charge in [0.05, 0.1) is 6.10 Å². The average molecular weight is 292 g/mol. The molecule has 0 aliphatic heterocycles. The molecule has 1 rings (SSSR count). The van der Waals surface area contributed by atoms with Gasteiger partial charge in [-0.2, -0.15) is 0 Å². The van der Waals surface area contributed by atoms with Gasteiger partial charge in [0.15, 0.2) is 0 Å². The lowest BCUT2D eigenvalue weighted by Crippen LogP contribution is -2.33. The zero-order valence-electron chi connectivity index (χ0n) is 14.2. The van der Waals surface area contributed by atoms with E-state index < -0.39 is 0 Å². The van der Waals surface area contributed by atoms with Crippen LogP contribution in [0.25, 0.3) is 0 Å². The molecule has 0 heterocycles. The Hall–Kier alpha value is -1.06. The summed E-state index contributed by atoms with van der Waals surface area (Å²) in [5, 5.41) is 3.53. The molecule has 21 heavy (non-hydrogen) atoms. The maximum Gasteiger partial charge on any atom is 0.119 e. The minimum Gasteiger partial charge on any atom is -0.491 e. The molecule has 1 N–H and O–H groups in total. The summed E-state index contributed by atoms with van der Waals surface area (Å²) in [7, 11) is 0. The van der Waals surface area contributed by atoms with Crippen LogP contribution in [0, 0.1) is 0 Å². The summed E-state index contributed by atoms with van der Waals surface area (Å²) in [5.41, 5.74) is 1.31. The molecular weight excluding hydrogens is 260 g/mol. The third-order valence-corrected chi connectivity index (χ3v) is 3.31. The number of hydrogen-bond acceptors (Lipinski definition) is 3. The highest BCUT2D eigenvalue weighted by molar-refractivity contribution is 5.27. The van der Waals surface area contributed by atoms with Crippen LogP contribution in [0.1, 0.15) is 46.1 Å². The molecule has 0 spiro atoms. The van der Waals surface area contributed by atoms with Crippen LogP contribution in [0.4, 0.5) is 0 Å². The molecular formula is C18H32N2O. The van der Waals surface area contributed by atoms with Gasteiger partial charge in [0, 0.05) is 19.6 Å². The van der Waals surface area contributed by atoms with Crippen molar-refractivity contribution in [3.05, 3.63) is 29.8 Å². The molecule has 0 unspecified atom stereocenters. The maximum absolute atomic E-state index is 5.65. The Balaban J connectivity index is 2.25. The van der Waals surface area contributed by atoms with E-state index in [9.17, 15) is 0 Å². The minimum absolute atomic E-state index is 0.233. The highest BCUT2D eigenvalue weighted by atomic mass is 16.5. The second-order valence-corrected chi connectivity index (χ2v) is 5.83. The molecule has 0 amide bonds. The van der Waals surface area contributed by atoms with E-state index in [1.165, 1.54) is 31.5 Å². The fourth-order valence-electron chi connectivity index (χ4n) is 2.40. The van der Waals surface area contributed by atoms with Crippen LogP contribution >= 0.6 is 0 Å².